The van der Waals surface area contributed by atoms with Crippen LogP contribution in [0.3, 0.4) is 0 Å². The minimum absolute atomic E-state index is 0.0294. The first kappa shape index (κ1) is 34.7. The highest BCUT2D eigenvalue weighted by molar-refractivity contribution is 7.13. The standard InChI is InChI=1S/C39H51N5O5S/c1-23(2)44-30-19-13-18-28(35-40-29(22-50-35)26-15-10-8-11-16-26)32(30)41-38(44)49-31-21-43-33(25(31)4)34(45)42-39(37(47)48)20-27(39)17-12-7-5-6-9-14-24(3)36(43)46/h12-13,17-19,22-27,31,33H,5-11,14-16,20-21H2,1-4H3,(H,42,45)(H,47,48)/b17-12-/t24-,25+,27+,31-,33-,39+/m0/s1. The van der Waals surface area contributed by atoms with E-state index in [0.717, 1.165) is 53.7 Å². The number of aliphatic carboxylic acids is 1. The second-order valence-corrected chi connectivity index (χ2v) is 16.3. The van der Waals surface area contributed by atoms with Crippen molar-refractivity contribution in [1.82, 2.24) is 24.8 Å². The second kappa shape index (κ2) is 14.1. The van der Waals surface area contributed by atoms with E-state index < -0.39 is 35.5 Å². The molecule has 11 heteroatoms. The van der Waals surface area contributed by atoms with Gasteiger partial charge >= 0.3 is 5.97 Å². The first-order valence-corrected chi connectivity index (χ1v) is 19.6. The monoisotopic (exact) mass is 701 g/mol. The van der Waals surface area contributed by atoms with Crippen molar-refractivity contribution in [2.45, 2.75) is 128 Å². The molecular formula is C39H51N5O5S. The molecule has 50 heavy (non-hydrogen) atoms. The summed E-state index contributed by atoms with van der Waals surface area (Å²) in [6.07, 6.45) is 14.5. The number of ether oxygens (including phenoxy) is 1. The number of nitrogens with one attached hydrogen (secondary N) is 1. The molecule has 6 atom stereocenters. The summed E-state index contributed by atoms with van der Waals surface area (Å²) in [5.41, 5.74) is 2.57. The molecule has 1 saturated heterocycles. The lowest BCUT2D eigenvalue weighted by Crippen LogP contribution is -2.55. The lowest BCUT2D eigenvalue weighted by Gasteiger charge is -2.29. The molecule has 1 aromatic carbocycles. The number of aromatic nitrogens is 3. The Morgan fingerprint density at radius 2 is 1.82 bits per heavy atom. The molecule has 0 radical (unpaired) electrons. The Labute approximate surface area is 298 Å². The van der Waals surface area contributed by atoms with Crippen LogP contribution >= 0.6 is 11.3 Å². The number of amides is 2. The zero-order valence-corrected chi connectivity index (χ0v) is 30.6. The van der Waals surface area contributed by atoms with Crippen LogP contribution in [-0.2, 0) is 14.4 Å². The molecule has 10 nitrogen and oxygen atoms in total. The Bertz CT molecular complexity index is 1770. The van der Waals surface area contributed by atoms with E-state index in [4.69, 9.17) is 14.7 Å². The van der Waals surface area contributed by atoms with Crippen molar-refractivity contribution in [2.24, 2.45) is 17.8 Å². The molecule has 2 saturated carbocycles. The zero-order chi connectivity index (χ0) is 35.2. The van der Waals surface area contributed by atoms with Crippen LogP contribution in [0.1, 0.15) is 116 Å². The fourth-order valence-corrected chi connectivity index (χ4v) is 9.44. The van der Waals surface area contributed by atoms with Crippen molar-refractivity contribution in [3.8, 4) is 16.6 Å². The topological polar surface area (TPSA) is 127 Å². The van der Waals surface area contributed by atoms with Gasteiger partial charge in [-0.15, -0.1) is 11.3 Å². The number of carboxylic acid groups (broad SMARTS) is 1. The first-order valence-electron chi connectivity index (χ1n) is 18.7. The van der Waals surface area contributed by atoms with E-state index in [1.165, 1.54) is 37.8 Å². The largest absolute Gasteiger partial charge is 0.479 e. The van der Waals surface area contributed by atoms with Crippen LogP contribution in [0.4, 0.5) is 0 Å². The average Bonchev–Trinajstić information content (AvgIpc) is 3.39. The smallest absolute Gasteiger partial charge is 0.330 e. The lowest BCUT2D eigenvalue weighted by atomic mass is 9.87. The molecule has 268 valence electrons. The van der Waals surface area contributed by atoms with E-state index >= 15 is 0 Å². The molecule has 0 bridgehead atoms. The van der Waals surface area contributed by atoms with Crippen molar-refractivity contribution in [1.29, 1.82) is 0 Å². The van der Waals surface area contributed by atoms with Gasteiger partial charge in [-0.05, 0) is 64.5 Å². The number of carboxylic acids is 1. The number of hydrogen-bond donors (Lipinski definition) is 2. The summed E-state index contributed by atoms with van der Waals surface area (Å²) in [5.74, 6) is -1.98. The normalized spacial score (nSPS) is 30.3. The predicted molar refractivity (Wildman–Crippen MR) is 194 cm³/mol. The van der Waals surface area contributed by atoms with Gasteiger partial charge in [0.05, 0.1) is 17.8 Å². The van der Waals surface area contributed by atoms with E-state index in [-0.39, 0.29) is 30.3 Å². The zero-order valence-electron chi connectivity index (χ0n) is 29.8. The van der Waals surface area contributed by atoms with Crippen LogP contribution in [0.5, 0.6) is 6.01 Å². The number of allylic oxidation sites excluding steroid dienone is 1. The van der Waals surface area contributed by atoms with Crippen LogP contribution in [-0.4, -0.2) is 66.6 Å². The summed E-state index contributed by atoms with van der Waals surface area (Å²) in [4.78, 5) is 52.5. The van der Waals surface area contributed by atoms with E-state index in [2.05, 4.69) is 41.2 Å². The van der Waals surface area contributed by atoms with Gasteiger partial charge < -0.3 is 20.1 Å². The lowest BCUT2D eigenvalue weighted by molar-refractivity contribution is -0.146. The number of hydrogen-bond acceptors (Lipinski definition) is 7. The first-order chi connectivity index (χ1) is 24.1. The van der Waals surface area contributed by atoms with Crippen LogP contribution < -0.4 is 10.1 Å². The van der Waals surface area contributed by atoms with Crippen molar-refractivity contribution < 1.29 is 24.2 Å². The summed E-state index contributed by atoms with van der Waals surface area (Å²) in [6.45, 7) is 8.27. The van der Waals surface area contributed by atoms with E-state index in [0.29, 0.717) is 18.3 Å². The maximum atomic E-state index is 14.1. The van der Waals surface area contributed by atoms with Crippen molar-refractivity contribution in [3.63, 3.8) is 0 Å². The summed E-state index contributed by atoms with van der Waals surface area (Å²) < 4.78 is 8.86. The summed E-state index contributed by atoms with van der Waals surface area (Å²) >= 11 is 1.67. The number of carbonyl (C=O) groups excluding carboxylic acids is 2. The Morgan fingerprint density at radius 3 is 2.58 bits per heavy atom. The van der Waals surface area contributed by atoms with Crippen LogP contribution in [0, 0.1) is 17.8 Å². The Morgan fingerprint density at radius 1 is 1.06 bits per heavy atom. The third-order valence-electron chi connectivity index (χ3n) is 11.6. The molecule has 0 unspecified atom stereocenters. The summed E-state index contributed by atoms with van der Waals surface area (Å²) in [6, 6.07) is 5.79. The number of imidazole rings is 1. The molecule has 2 aliphatic heterocycles. The minimum atomic E-state index is -1.35. The molecule has 7 rings (SSSR count). The molecular weight excluding hydrogens is 651 g/mol. The number of fused-ring (bicyclic) bond motifs is 3. The maximum absolute atomic E-state index is 14.1. The number of para-hydroxylation sites is 1. The molecule has 3 fully saturated rings. The summed E-state index contributed by atoms with van der Waals surface area (Å²) in [5, 5.41) is 16.3. The van der Waals surface area contributed by atoms with Crippen LogP contribution in [0.2, 0.25) is 0 Å². The van der Waals surface area contributed by atoms with Crippen molar-refractivity contribution >= 4 is 40.2 Å². The predicted octanol–water partition coefficient (Wildman–Crippen LogP) is 7.50. The van der Waals surface area contributed by atoms with E-state index in [1.54, 1.807) is 16.2 Å². The van der Waals surface area contributed by atoms with Gasteiger partial charge in [0.15, 0.2) is 0 Å². The highest BCUT2D eigenvalue weighted by Gasteiger charge is 2.62. The molecule has 4 heterocycles. The van der Waals surface area contributed by atoms with Crippen LogP contribution in [0.15, 0.2) is 35.7 Å². The fraction of sp³-hybridized carbons (Fsp3) is 0.615. The van der Waals surface area contributed by atoms with Gasteiger partial charge in [0.2, 0.25) is 11.8 Å². The van der Waals surface area contributed by atoms with Gasteiger partial charge in [-0.25, -0.2) is 9.78 Å². The van der Waals surface area contributed by atoms with Gasteiger partial charge in [0.1, 0.15) is 28.2 Å². The third kappa shape index (κ3) is 6.46. The summed E-state index contributed by atoms with van der Waals surface area (Å²) in [7, 11) is 0. The molecule has 2 aliphatic carbocycles. The molecule has 3 aromatic rings. The van der Waals surface area contributed by atoms with Crippen molar-refractivity contribution in [2.75, 3.05) is 6.54 Å². The number of carbonyl (C=O) groups is 3. The molecule has 2 amide bonds. The molecule has 2 N–H and O–H groups in total. The molecule has 2 aromatic heterocycles. The quantitative estimate of drug-likeness (QED) is 0.255. The van der Waals surface area contributed by atoms with Gasteiger partial charge in [0, 0.05) is 40.7 Å². The second-order valence-electron chi connectivity index (χ2n) is 15.4. The van der Waals surface area contributed by atoms with Crippen LogP contribution in [0.25, 0.3) is 21.6 Å². The van der Waals surface area contributed by atoms with Gasteiger partial charge in [-0.1, -0.05) is 64.2 Å². The van der Waals surface area contributed by atoms with E-state index in [1.807, 2.05) is 32.1 Å². The Hall–Kier alpha value is -3.73. The fourth-order valence-electron chi connectivity index (χ4n) is 8.51. The van der Waals surface area contributed by atoms with Gasteiger partial charge in [-0.3, -0.25) is 14.2 Å². The van der Waals surface area contributed by atoms with Gasteiger partial charge in [0.25, 0.3) is 6.01 Å². The van der Waals surface area contributed by atoms with E-state index in [9.17, 15) is 19.5 Å². The number of thiazole rings is 1. The highest BCUT2D eigenvalue weighted by atomic mass is 32.1. The van der Waals surface area contributed by atoms with Gasteiger partial charge in [-0.2, -0.15) is 4.98 Å². The maximum Gasteiger partial charge on any atom is 0.330 e. The Balaban J connectivity index is 1.20. The molecule has 4 aliphatic rings. The number of benzene rings is 1. The average molecular weight is 702 g/mol. The number of nitrogens with zero attached hydrogens (tertiary/aromatic N) is 4. The Kier molecular flexibility index (Phi) is 9.80. The highest BCUT2D eigenvalue weighted by Crippen LogP contribution is 2.46. The number of rotatable bonds is 6. The van der Waals surface area contributed by atoms with Crippen molar-refractivity contribution in [3.05, 3.63) is 41.4 Å². The third-order valence-corrected chi connectivity index (χ3v) is 12.5. The SMILES string of the molecule is CC(C)n1c(O[C@H]2CN3C(=O)[C@@H](C)CCCCC/C=C\[C@@H]4C[C@@]4(C(=O)O)NC(=O)[C@@H]3[C@@H]2C)nc2c(-c3nc(C4CCCCC4)cs3)cccc21. The molecule has 0 spiro atoms. The minimum Gasteiger partial charge on any atom is -0.479 e.